The van der Waals surface area contributed by atoms with Gasteiger partial charge in [0.05, 0.1) is 0 Å². The lowest BCUT2D eigenvalue weighted by molar-refractivity contribution is 0.308. The maximum absolute atomic E-state index is 5.94. The molecule has 1 rings (SSSR count). The lowest BCUT2D eigenvalue weighted by Crippen LogP contribution is -2.38. The Bertz CT molecular complexity index is 185. The van der Waals surface area contributed by atoms with Crippen molar-refractivity contribution in [2.45, 2.75) is 30.6 Å². The van der Waals surface area contributed by atoms with E-state index in [0.717, 1.165) is 26.1 Å². The second-order valence-corrected chi connectivity index (χ2v) is 5.87. The highest BCUT2D eigenvalue weighted by atomic mass is 35.5. The van der Waals surface area contributed by atoms with E-state index >= 15 is 0 Å². The van der Waals surface area contributed by atoms with Crippen molar-refractivity contribution in [1.29, 1.82) is 0 Å². The third-order valence-electron chi connectivity index (χ3n) is 2.79. The molecule has 1 aliphatic carbocycles. The van der Waals surface area contributed by atoms with Crippen LogP contribution in [0.4, 0.5) is 0 Å². The molecule has 84 valence electrons. The summed E-state index contributed by atoms with van der Waals surface area (Å²) in [5, 5.41) is 3.45. The fraction of sp³-hybridized carbons (Fsp3) is 1.00. The second kappa shape index (κ2) is 5.02. The summed E-state index contributed by atoms with van der Waals surface area (Å²) in [4.78, 5) is 2.29. The van der Waals surface area contributed by atoms with Crippen LogP contribution in [0.1, 0.15) is 20.3 Å². The molecule has 0 spiro atoms. The van der Waals surface area contributed by atoms with Gasteiger partial charge in [0.1, 0.15) is 4.33 Å². The van der Waals surface area contributed by atoms with Crippen LogP contribution in [-0.2, 0) is 0 Å². The highest BCUT2D eigenvalue weighted by molar-refractivity contribution is 6.50. The SMILES string of the molecule is CCN(C)CC(C)NCC1CC1(Cl)Cl. The van der Waals surface area contributed by atoms with Gasteiger partial charge in [-0.3, -0.25) is 0 Å². The highest BCUT2D eigenvalue weighted by Crippen LogP contribution is 2.52. The molecular formula is C10H20Cl2N2. The standard InChI is InChI=1S/C10H20Cl2N2/c1-4-14(3)7-8(2)13-6-9-5-10(9,11)12/h8-9,13H,4-7H2,1-3H3. The Morgan fingerprint density at radius 2 is 2.14 bits per heavy atom. The molecule has 1 N–H and O–H groups in total. The van der Waals surface area contributed by atoms with Gasteiger partial charge in [-0.25, -0.2) is 0 Å². The van der Waals surface area contributed by atoms with Crippen LogP contribution >= 0.6 is 23.2 Å². The molecule has 1 fully saturated rings. The molecule has 0 radical (unpaired) electrons. The summed E-state index contributed by atoms with van der Waals surface area (Å²) in [5.74, 6) is 0.445. The van der Waals surface area contributed by atoms with Gasteiger partial charge in [0.15, 0.2) is 0 Å². The maximum atomic E-state index is 5.94. The average Bonchev–Trinajstić information content (AvgIpc) is 2.70. The maximum Gasteiger partial charge on any atom is 0.122 e. The normalized spacial score (nSPS) is 26.6. The first-order valence-corrected chi connectivity index (χ1v) is 6.01. The van der Waals surface area contributed by atoms with Crippen molar-refractivity contribution in [1.82, 2.24) is 10.2 Å². The van der Waals surface area contributed by atoms with Crippen LogP contribution in [0.3, 0.4) is 0 Å². The van der Waals surface area contributed by atoms with Crippen LogP contribution in [0.5, 0.6) is 0 Å². The molecule has 14 heavy (non-hydrogen) atoms. The van der Waals surface area contributed by atoms with Crippen molar-refractivity contribution in [3.63, 3.8) is 0 Å². The summed E-state index contributed by atoms with van der Waals surface area (Å²) < 4.78 is -0.441. The molecule has 0 aromatic heterocycles. The van der Waals surface area contributed by atoms with Crippen LogP contribution in [0.25, 0.3) is 0 Å². The molecule has 2 unspecified atom stereocenters. The van der Waals surface area contributed by atoms with E-state index in [9.17, 15) is 0 Å². The van der Waals surface area contributed by atoms with E-state index < -0.39 is 4.33 Å². The zero-order valence-corrected chi connectivity index (χ0v) is 10.7. The van der Waals surface area contributed by atoms with Crippen LogP contribution in [-0.4, -0.2) is 42.0 Å². The molecule has 2 nitrogen and oxygen atoms in total. The number of halogens is 2. The Morgan fingerprint density at radius 3 is 2.57 bits per heavy atom. The first-order chi connectivity index (χ1) is 6.45. The van der Waals surface area contributed by atoms with Crippen molar-refractivity contribution in [3.8, 4) is 0 Å². The largest absolute Gasteiger partial charge is 0.313 e. The molecule has 0 bridgehead atoms. The molecule has 1 aliphatic rings. The van der Waals surface area contributed by atoms with Gasteiger partial charge in [-0.2, -0.15) is 0 Å². The number of nitrogens with zero attached hydrogens (tertiary/aromatic N) is 1. The zero-order valence-electron chi connectivity index (χ0n) is 9.19. The summed E-state index contributed by atoms with van der Waals surface area (Å²) in [6, 6.07) is 0.504. The number of likely N-dealkylation sites (N-methyl/N-ethyl adjacent to an activating group) is 1. The molecule has 2 atom stereocenters. The second-order valence-electron chi connectivity index (χ2n) is 4.33. The molecule has 0 aromatic carbocycles. The molecule has 0 aliphatic heterocycles. The Morgan fingerprint density at radius 1 is 1.57 bits per heavy atom. The van der Waals surface area contributed by atoms with Gasteiger partial charge in [0.2, 0.25) is 0 Å². The number of nitrogens with one attached hydrogen (secondary N) is 1. The third kappa shape index (κ3) is 3.93. The van der Waals surface area contributed by atoms with Crippen molar-refractivity contribution >= 4 is 23.2 Å². The Hall–Kier alpha value is 0.500. The summed E-state index contributed by atoms with van der Waals surface area (Å²) in [6.45, 7) is 7.45. The monoisotopic (exact) mass is 238 g/mol. The molecule has 0 amide bonds. The van der Waals surface area contributed by atoms with Gasteiger partial charge in [-0.15, -0.1) is 23.2 Å². The summed E-state index contributed by atoms with van der Waals surface area (Å²) in [7, 11) is 2.13. The van der Waals surface area contributed by atoms with Gasteiger partial charge >= 0.3 is 0 Å². The predicted octanol–water partition coefficient (Wildman–Crippen LogP) is 2.11. The summed E-state index contributed by atoms with van der Waals surface area (Å²) in [6.07, 6.45) is 0.930. The topological polar surface area (TPSA) is 15.3 Å². The van der Waals surface area contributed by atoms with E-state index in [1.165, 1.54) is 0 Å². The summed E-state index contributed by atoms with van der Waals surface area (Å²) >= 11 is 11.9. The smallest absolute Gasteiger partial charge is 0.122 e. The molecule has 0 aromatic rings. The predicted molar refractivity (Wildman–Crippen MR) is 63.2 cm³/mol. The molecule has 0 heterocycles. The van der Waals surface area contributed by atoms with Crippen LogP contribution in [0, 0.1) is 5.92 Å². The van der Waals surface area contributed by atoms with E-state index in [-0.39, 0.29) is 0 Å². The van der Waals surface area contributed by atoms with E-state index in [4.69, 9.17) is 23.2 Å². The van der Waals surface area contributed by atoms with Crippen LogP contribution in [0.2, 0.25) is 0 Å². The Balaban J connectivity index is 2.07. The number of hydrogen-bond acceptors (Lipinski definition) is 2. The number of rotatable bonds is 6. The van der Waals surface area contributed by atoms with Crippen LogP contribution < -0.4 is 5.32 Å². The third-order valence-corrected chi connectivity index (χ3v) is 3.72. The van der Waals surface area contributed by atoms with E-state index in [0.29, 0.717) is 12.0 Å². The van der Waals surface area contributed by atoms with Gasteiger partial charge in [-0.1, -0.05) is 6.92 Å². The minimum Gasteiger partial charge on any atom is -0.313 e. The average molecular weight is 239 g/mol. The van der Waals surface area contributed by atoms with Gasteiger partial charge in [-0.05, 0) is 26.9 Å². The van der Waals surface area contributed by atoms with Crippen molar-refractivity contribution in [3.05, 3.63) is 0 Å². The molecule has 0 saturated heterocycles. The minimum atomic E-state index is -0.441. The number of hydrogen-bond donors (Lipinski definition) is 1. The minimum absolute atomic E-state index is 0.441. The van der Waals surface area contributed by atoms with Gasteiger partial charge in [0, 0.05) is 25.0 Å². The fourth-order valence-corrected chi connectivity index (χ4v) is 2.02. The molecule has 1 saturated carbocycles. The number of alkyl halides is 2. The quantitative estimate of drug-likeness (QED) is 0.714. The van der Waals surface area contributed by atoms with E-state index in [2.05, 4.69) is 31.1 Å². The van der Waals surface area contributed by atoms with Crippen molar-refractivity contribution in [2.24, 2.45) is 5.92 Å². The molecular weight excluding hydrogens is 219 g/mol. The lowest BCUT2D eigenvalue weighted by atomic mass is 10.3. The van der Waals surface area contributed by atoms with Crippen molar-refractivity contribution < 1.29 is 0 Å². The first-order valence-electron chi connectivity index (χ1n) is 5.25. The van der Waals surface area contributed by atoms with Crippen LogP contribution in [0.15, 0.2) is 0 Å². The van der Waals surface area contributed by atoms with Gasteiger partial charge < -0.3 is 10.2 Å². The van der Waals surface area contributed by atoms with Crippen molar-refractivity contribution in [2.75, 3.05) is 26.7 Å². The highest BCUT2D eigenvalue weighted by Gasteiger charge is 2.51. The fourth-order valence-electron chi connectivity index (χ4n) is 1.50. The zero-order chi connectivity index (χ0) is 10.8. The lowest BCUT2D eigenvalue weighted by Gasteiger charge is -2.20. The van der Waals surface area contributed by atoms with E-state index in [1.807, 2.05) is 0 Å². The van der Waals surface area contributed by atoms with E-state index in [1.54, 1.807) is 0 Å². The summed E-state index contributed by atoms with van der Waals surface area (Å²) in [5.41, 5.74) is 0. The first kappa shape index (κ1) is 12.6. The molecule has 4 heteroatoms. The van der Waals surface area contributed by atoms with Gasteiger partial charge in [0.25, 0.3) is 0 Å². The Labute approximate surface area is 96.9 Å². The Kier molecular flexibility index (Phi) is 4.51.